The molecule has 1 aliphatic carbocycles. The number of hydrazine groups is 1. The number of carbonyl (C=O) groups excluding carboxylic acids is 1. The molecule has 5 rings (SSSR count). The Bertz CT molecular complexity index is 1340. The summed E-state index contributed by atoms with van der Waals surface area (Å²) < 4.78 is 48.4. The normalized spacial score (nSPS) is 26.8. The summed E-state index contributed by atoms with van der Waals surface area (Å²) in [6.45, 7) is 2.66. The summed E-state index contributed by atoms with van der Waals surface area (Å²) in [5, 5.41) is 13.6. The van der Waals surface area contributed by atoms with Crippen molar-refractivity contribution in [3.05, 3.63) is 59.7 Å². The summed E-state index contributed by atoms with van der Waals surface area (Å²) in [6.07, 6.45) is 2.55. The van der Waals surface area contributed by atoms with Crippen LogP contribution < -0.4 is 4.74 Å². The van der Waals surface area contributed by atoms with Crippen LogP contribution in [-0.2, 0) is 26.0 Å². The molecule has 1 saturated heterocycles. The van der Waals surface area contributed by atoms with Crippen LogP contribution in [0.15, 0.2) is 53.4 Å². The highest BCUT2D eigenvalue weighted by atomic mass is 32.2. The number of amides is 1. The Morgan fingerprint density at radius 1 is 1.19 bits per heavy atom. The van der Waals surface area contributed by atoms with Crippen LogP contribution in [0.4, 0.5) is 4.48 Å². The predicted molar refractivity (Wildman–Crippen MR) is 132 cm³/mol. The van der Waals surface area contributed by atoms with Crippen molar-refractivity contribution in [1.29, 1.82) is 0 Å². The molecular formula is C26H30FN3O6S. The number of hydrogen-bond acceptors (Lipinski definition) is 6. The number of para-hydroxylation sites is 1. The molecule has 1 saturated carbocycles. The molecule has 0 bridgehead atoms. The third kappa shape index (κ3) is 3.91. The molecule has 198 valence electrons. The van der Waals surface area contributed by atoms with E-state index in [1.807, 2.05) is 5.01 Å². The third-order valence-corrected chi connectivity index (χ3v) is 9.68. The number of aliphatic carboxylic acids is 1. The number of carboxylic acids is 1. The lowest BCUT2D eigenvalue weighted by atomic mass is 10.0. The van der Waals surface area contributed by atoms with E-state index in [0.717, 1.165) is 25.8 Å². The number of nitrogens with zero attached hydrogens (tertiary/aromatic N) is 3. The minimum atomic E-state index is -4.93. The van der Waals surface area contributed by atoms with Crippen molar-refractivity contribution < 1.29 is 32.3 Å². The number of carboxylic acid groups (broad SMARTS) is 1. The molecule has 2 aliphatic heterocycles. The Kier molecular flexibility index (Phi) is 6.49. The number of ether oxygens (including phenoxy) is 1. The lowest BCUT2D eigenvalue weighted by Crippen LogP contribution is -2.47. The molecule has 0 spiro atoms. The zero-order valence-electron chi connectivity index (χ0n) is 20.7. The van der Waals surface area contributed by atoms with E-state index in [1.54, 1.807) is 37.4 Å². The molecule has 2 fully saturated rings. The van der Waals surface area contributed by atoms with Crippen molar-refractivity contribution in [2.45, 2.75) is 55.0 Å². The van der Waals surface area contributed by atoms with E-state index < -0.39 is 42.8 Å². The average molecular weight is 532 g/mol. The fourth-order valence-corrected chi connectivity index (χ4v) is 7.63. The minimum absolute atomic E-state index is 0.107. The maximum Gasteiger partial charge on any atom is 0.329 e. The monoisotopic (exact) mass is 531 g/mol. The van der Waals surface area contributed by atoms with Gasteiger partial charge in [0.25, 0.3) is 10.0 Å². The van der Waals surface area contributed by atoms with Gasteiger partial charge in [0.1, 0.15) is 5.75 Å². The molecule has 3 unspecified atom stereocenters. The lowest BCUT2D eigenvalue weighted by molar-refractivity contribution is -0.149. The highest BCUT2D eigenvalue weighted by Crippen LogP contribution is 2.66. The van der Waals surface area contributed by atoms with Crippen LogP contribution >= 0.6 is 0 Å². The first-order chi connectivity index (χ1) is 17.6. The molecule has 2 aromatic rings. The summed E-state index contributed by atoms with van der Waals surface area (Å²) in [6, 6.07) is 12.6. The Hall–Kier alpha value is -3.02. The van der Waals surface area contributed by atoms with Crippen LogP contribution in [0.3, 0.4) is 0 Å². The standard InChI is InChI=1S/C26H30FN3O6S/c1-3-18-10-8-14-29(18)28(2)23(31)15-17-9-4-7-13-22(17)37(34,35)30(27)26(25(32)33)20-16-36-21-12-6-5-11-19(21)24(20)26/h4-7,9,11-13,18,20,24H,3,8,10,14-16H2,1-2H3,(H,32,33)/t18-,20?,24?,26?/m1/s1. The van der Waals surface area contributed by atoms with E-state index in [9.17, 15) is 23.1 Å². The largest absolute Gasteiger partial charge is 0.493 e. The fraction of sp³-hybridized carbons (Fsp3) is 0.462. The number of sulfonamides is 1. The van der Waals surface area contributed by atoms with Gasteiger partial charge in [-0.1, -0.05) is 43.3 Å². The summed E-state index contributed by atoms with van der Waals surface area (Å²) in [5.74, 6) is -3.28. The predicted octanol–water partition coefficient (Wildman–Crippen LogP) is 2.98. The molecule has 0 radical (unpaired) electrons. The van der Waals surface area contributed by atoms with Gasteiger partial charge in [-0.15, -0.1) is 4.48 Å². The Balaban J connectivity index is 1.45. The Morgan fingerprint density at radius 3 is 2.62 bits per heavy atom. The number of likely N-dealkylation sites (N-methyl/N-ethyl adjacent to an activating group) is 1. The highest BCUT2D eigenvalue weighted by Gasteiger charge is 2.79. The summed E-state index contributed by atoms with van der Waals surface area (Å²) >= 11 is 0. The van der Waals surface area contributed by atoms with Gasteiger partial charge in [0.2, 0.25) is 5.91 Å². The number of carbonyl (C=O) groups is 2. The highest BCUT2D eigenvalue weighted by molar-refractivity contribution is 7.89. The molecule has 11 heteroatoms. The van der Waals surface area contributed by atoms with Crippen LogP contribution in [0.2, 0.25) is 0 Å². The first kappa shape index (κ1) is 25.6. The van der Waals surface area contributed by atoms with Crippen molar-refractivity contribution in [3.63, 3.8) is 0 Å². The van der Waals surface area contributed by atoms with Gasteiger partial charge in [-0.05, 0) is 41.5 Å². The van der Waals surface area contributed by atoms with E-state index in [2.05, 4.69) is 6.92 Å². The number of fused-ring (bicyclic) bond motifs is 3. The van der Waals surface area contributed by atoms with E-state index in [0.29, 0.717) is 11.3 Å². The number of rotatable bonds is 8. The van der Waals surface area contributed by atoms with E-state index in [4.69, 9.17) is 4.74 Å². The van der Waals surface area contributed by atoms with Gasteiger partial charge in [-0.25, -0.2) is 13.4 Å². The first-order valence-corrected chi connectivity index (χ1v) is 13.9. The molecule has 2 aromatic carbocycles. The van der Waals surface area contributed by atoms with Crippen molar-refractivity contribution in [2.24, 2.45) is 5.92 Å². The first-order valence-electron chi connectivity index (χ1n) is 12.4. The smallest absolute Gasteiger partial charge is 0.329 e. The number of halogens is 1. The second-order valence-electron chi connectivity index (χ2n) is 9.85. The van der Waals surface area contributed by atoms with Crippen molar-refractivity contribution in [2.75, 3.05) is 20.2 Å². The lowest BCUT2D eigenvalue weighted by Gasteiger charge is -2.33. The van der Waals surface area contributed by atoms with Crippen LogP contribution in [0, 0.1) is 5.92 Å². The summed E-state index contributed by atoms with van der Waals surface area (Å²) in [5.41, 5.74) is -1.77. The van der Waals surface area contributed by atoms with E-state index >= 15 is 4.48 Å². The molecule has 9 nitrogen and oxygen atoms in total. The second-order valence-corrected chi connectivity index (χ2v) is 11.6. The van der Waals surface area contributed by atoms with Gasteiger partial charge >= 0.3 is 5.97 Å². The Labute approximate surface area is 215 Å². The van der Waals surface area contributed by atoms with E-state index in [-0.39, 0.29) is 30.5 Å². The Morgan fingerprint density at radius 2 is 1.89 bits per heavy atom. The molecule has 1 N–H and O–H groups in total. The van der Waals surface area contributed by atoms with Gasteiger partial charge in [0.05, 0.1) is 17.9 Å². The number of benzene rings is 2. The van der Waals surface area contributed by atoms with Crippen LogP contribution in [0.25, 0.3) is 0 Å². The van der Waals surface area contributed by atoms with Crippen molar-refractivity contribution >= 4 is 21.9 Å². The second kappa shape index (κ2) is 9.38. The maximum absolute atomic E-state index is 16.1. The van der Waals surface area contributed by atoms with E-state index in [1.165, 1.54) is 23.2 Å². The molecule has 3 aliphatic rings. The topological polar surface area (TPSA) is 107 Å². The third-order valence-electron chi connectivity index (χ3n) is 8.01. The van der Waals surface area contributed by atoms with Crippen LogP contribution in [0.1, 0.15) is 43.2 Å². The van der Waals surface area contributed by atoms with Crippen molar-refractivity contribution in [3.8, 4) is 5.75 Å². The fourth-order valence-electron chi connectivity index (χ4n) is 6.01. The summed E-state index contributed by atoms with van der Waals surface area (Å²) in [4.78, 5) is 25.2. The van der Waals surface area contributed by atoms with Crippen molar-refractivity contribution in [1.82, 2.24) is 14.5 Å². The number of hydrogen-bond donors (Lipinski definition) is 1. The van der Waals surface area contributed by atoms with Crippen LogP contribution in [0.5, 0.6) is 5.75 Å². The zero-order chi connectivity index (χ0) is 26.5. The quantitative estimate of drug-likeness (QED) is 0.522. The average Bonchev–Trinajstić information content (AvgIpc) is 3.37. The minimum Gasteiger partial charge on any atom is -0.493 e. The maximum atomic E-state index is 16.1. The van der Waals surface area contributed by atoms with Gasteiger partial charge < -0.3 is 9.84 Å². The van der Waals surface area contributed by atoms with Gasteiger partial charge in [0, 0.05) is 37.0 Å². The molecule has 1 amide bonds. The molecule has 0 aromatic heterocycles. The molecule has 2 heterocycles. The van der Waals surface area contributed by atoms with Crippen LogP contribution in [-0.4, -0.2) is 71.7 Å². The SMILES string of the molecule is CC[C@@H]1CCCN1N(C)C(=O)Cc1ccccc1S(=O)(=O)N(F)C1(C(=O)O)C2COc3ccccc3C21. The summed E-state index contributed by atoms with van der Waals surface area (Å²) in [7, 11) is -3.28. The molecule has 4 atom stereocenters. The van der Waals surface area contributed by atoms with Gasteiger partial charge in [-0.2, -0.15) is 0 Å². The molecular weight excluding hydrogens is 501 g/mol. The van der Waals surface area contributed by atoms with Gasteiger partial charge in [-0.3, -0.25) is 14.6 Å². The van der Waals surface area contributed by atoms with Gasteiger partial charge in [0.15, 0.2) is 5.54 Å². The zero-order valence-corrected chi connectivity index (χ0v) is 21.5. The molecule has 37 heavy (non-hydrogen) atoms.